The molecule has 0 rings (SSSR count). The largest absolute Gasteiger partial charge is 0.505 e. The fourth-order valence-corrected chi connectivity index (χ4v) is 0. The van der Waals surface area contributed by atoms with Gasteiger partial charge in [0.25, 0.3) is 0 Å². The van der Waals surface area contributed by atoms with Crippen LogP contribution in [0.4, 0.5) is 4.79 Å². The van der Waals surface area contributed by atoms with E-state index in [1.165, 1.54) is 0 Å². The maximum Gasteiger partial charge on any atom is 0.505 e. The predicted molar refractivity (Wildman–Crippen MR) is 23.2 cm³/mol. The van der Waals surface area contributed by atoms with Gasteiger partial charge < -0.3 is 14.9 Å². The highest BCUT2D eigenvalue weighted by atomic mass is 16.6. The zero-order valence-electron chi connectivity index (χ0n) is 4.21. The number of hydrogen-bond donors (Lipinski definition) is 2. The number of carbonyl (C=O) groups is 1. The molecular formula is C3H8O4. The Morgan fingerprint density at radius 3 is 1.71 bits per heavy atom. The molecular weight excluding hydrogens is 100 g/mol. The van der Waals surface area contributed by atoms with Gasteiger partial charge in [-0.25, -0.2) is 4.79 Å². The Morgan fingerprint density at radius 1 is 1.57 bits per heavy atom. The van der Waals surface area contributed by atoms with E-state index in [0.29, 0.717) is 0 Å². The fraction of sp³-hybridized carbons (Fsp3) is 0.667. The van der Waals surface area contributed by atoms with Crippen LogP contribution in [-0.4, -0.2) is 30.6 Å². The molecule has 0 saturated heterocycles. The van der Waals surface area contributed by atoms with Crippen LogP contribution in [-0.2, 0) is 4.74 Å². The maximum absolute atomic E-state index is 9.15. The normalized spacial score (nSPS) is 5.57. The molecule has 0 aliphatic carbocycles. The van der Waals surface area contributed by atoms with Gasteiger partial charge >= 0.3 is 6.16 Å². The average molecular weight is 108 g/mol. The fourth-order valence-electron chi connectivity index (χ4n) is 0. The van der Waals surface area contributed by atoms with Crippen LogP contribution in [0.1, 0.15) is 0 Å². The lowest BCUT2D eigenvalue weighted by Crippen LogP contribution is -1.91. The Labute approximate surface area is 41.3 Å². The summed E-state index contributed by atoms with van der Waals surface area (Å²) in [6.45, 7) is 0. The second-order valence-electron chi connectivity index (χ2n) is 0.470. The van der Waals surface area contributed by atoms with Crippen LogP contribution >= 0.6 is 0 Å². The molecule has 44 valence electrons. The lowest BCUT2D eigenvalue weighted by Gasteiger charge is -1.79. The van der Waals surface area contributed by atoms with Gasteiger partial charge in [0.15, 0.2) is 0 Å². The van der Waals surface area contributed by atoms with Gasteiger partial charge in [-0.05, 0) is 0 Å². The third kappa shape index (κ3) is 36.1. The summed E-state index contributed by atoms with van der Waals surface area (Å²) in [4.78, 5) is 9.15. The first kappa shape index (κ1) is 9.52. The minimum Gasteiger partial charge on any atom is -0.450 e. The standard InChI is InChI=1S/C2H4O3.CH4O/c1-5-2(3)4;1-2/h1H3,(H,3,4);2H,1H3. The monoisotopic (exact) mass is 108 g/mol. The molecule has 0 aromatic carbocycles. The highest BCUT2D eigenvalue weighted by Gasteiger charge is 1.80. The van der Waals surface area contributed by atoms with Crippen LogP contribution < -0.4 is 0 Å². The second kappa shape index (κ2) is 8.97. The van der Waals surface area contributed by atoms with Gasteiger partial charge in [-0.1, -0.05) is 0 Å². The SMILES string of the molecule is CO.COC(=O)O. The topological polar surface area (TPSA) is 66.8 Å². The van der Waals surface area contributed by atoms with E-state index in [-0.39, 0.29) is 0 Å². The average Bonchev–Trinajstić information content (AvgIpc) is 1.73. The van der Waals surface area contributed by atoms with Crippen LogP contribution in [0.3, 0.4) is 0 Å². The van der Waals surface area contributed by atoms with Gasteiger partial charge in [0.05, 0.1) is 7.11 Å². The van der Waals surface area contributed by atoms with E-state index in [9.17, 15) is 0 Å². The van der Waals surface area contributed by atoms with Crippen molar-refractivity contribution in [1.82, 2.24) is 0 Å². The first-order chi connectivity index (χ1) is 3.27. The molecule has 0 unspecified atom stereocenters. The van der Waals surface area contributed by atoms with E-state index >= 15 is 0 Å². The predicted octanol–water partition coefficient (Wildman–Crippen LogP) is -0.0807. The third-order valence-corrected chi connectivity index (χ3v) is 0.175. The maximum atomic E-state index is 9.15. The highest BCUT2D eigenvalue weighted by Crippen LogP contribution is 1.60. The van der Waals surface area contributed by atoms with Crippen molar-refractivity contribution in [3.8, 4) is 0 Å². The van der Waals surface area contributed by atoms with E-state index in [4.69, 9.17) is 15.0 Å². The molecule has 0 aromatic heterocycles. The summed E-state index contributed by atoms with van der Waals surface area (Å²) in [5, 5.41) is 14.5. The zero-order chi connectivity index (χ0) is 6.28. The van der Waals surface area contributed by atoms with Gasteiger partial charge in [-0.3, -0.25) is 0 Å². The molecule has 2 N–H and O–H groups in total. The Balaban J connectivity index is 0. The molecule has 0 aliphatic rings. The second-order valence-corrected chi connectivity index (χ2v) is 0.470. The van der Waals surface area contributed by atoms with Crippen molar-refractivity contribution in [3.05, 3.63) is 0 Å². The van der Waals surface area contributed by atoms with Crippen molar-refractivity contribution < 1.29 is 19.7 Å². The number of aliphatic hydroxyl groups is 1. The van der Waals surface area contributed by atoms with Gasteiger partial charge in [0.2, 0.25) is 0 Å². The molecule has 4 heteroatoms. The van der Waals surface area contributed by atoms with Gasteiger partial charge in [-0.15, -0.1) is 0 Å². The van der Waals surface area contributed by atoms with Crippen molar-refractivity contribution in [3.63, 3.8) is 0 Å². The summed E-state index contributed by atoms with van der Waals surface area (Å²) < 4.78 is 3.67. The molecule has 0 amide bonds. The lowest BCUT2D eigenvalue weighted by atomic mass is 11.4. The Bertz CT molecular complexity index is 42.2. The number of methoxy groups -OCH3 is 1. The van der Waals surface area contributed by atoms with Crippen LogP contribution in [0.5, 0.6) is 0 Å². The Hall–Kier alpha value is -0.770. The number of hydrogen-bond acceptors (Lipinski definition) is 3. The Kier molecular flexibility index (Phi) is 12.2. The summed E-state index contributed by atoms with van der Waals surface area (Å²) >= 11 is 0. The quantitative estimate of drug-likeness (QED) is 0.426. The first-order valence-electron chi connectivity index (χ1n) is 1.49. The van der Waals surface area contributed by atoms with Crippen LogP contribution in [0, 0.1) is 0 Å². The summed E-state index contributed by atoms with van der Waals surface area (Å²) in [7, 11) is 2.10. The van der Waals surface area contributed by atoms with E-state index in [1.54, 1.807) is 0 Å². The minimum absolute atomic E-state index is 1.00. The van der Waals surface area contributed by atoms with Crippen molar-refractivity contribution in [1.29, 1.82) is 0 Å². The van der Waals surface area contributed by atoms with E-state index in [1.807, 2.05) is 0 Å². The number of aliphatic hydroxyl groups excluding tert-OH is 1. The molecule has 0 heterocycles. The molecule has 0 aliphatic heterocycles. The van der Waals surface area contributed by atoms with Gasteiger partial charge in [-0.2, -0.15) is 0 Å². The highest BCUT2D eigenvalue weighted by molar-refractivity contribution is 5.56. The van der Waals surface area contributed by atoms with E-state index < -0.39 is 6.16 Å². The smallest absolute Gasteiger partial charge is 0.450 e. The Morgan fingerprint density at radius 2 is 1.71 bits per heavy atom. The molecule has 4 nitrogen and oxygen atoms in total. The molecule has 0 fully saturated rings. The number of ether oxygens (including phenoxy) is 1. The number of carboxylic acid groups (broad SMARTS) is 1. The molecule has 0 saturated carbocycles. The summed E-state index contributed by atoms with van der Waals surface area (Å²) in [6, 6.07) is 0. The third-order valence-electron chi connectivity index (χ3n) is 0.175. The molecule has 0 aromatic rings. The molecule has 7 heavy (non-hydrogen) atoms. The summed E-state index contributed by atoms with van der Waals surface area (Å²) in [6.07, 6.45) is -1.25. The van der Waals surface area contributed by atoms with E-state index in [2.05, 4.69) is 4.74 Å². The summed E-state index contributed by atoms with van der Waals surface area (Å²) in [5.41, 5.74) is 0. The van der Waals surface area contributed by atoms with Gasteiger partial charge in [0, 0.05) is 7.11 Å². The molecule has 0 radical (unpaired) electrons. The van der Waals surface area contributed by atoms with Crippen molar-refractivity contribution >= 4 is 6.16 Å². The minimum atomic E-state index is -1.25. The molecule has 0 atom stereocenters. The summed E-state index contributed by atoms with van der Waals surface area (Å²) in [5.74, 6) is 0. The number of rotatable bonds is 0. The zero-order valence-corrected chi connectivity index (χ0v) is 4.21. The van der Waals surface area contributed by atoms with Crippen LogP contribution in [0.15, 0.2) is 0 Å². The van der Waals surface area contributed by atoms with Crippen LogP contribution in [0.25, 0.3) is 0 Å². The van der Waals surface area contributed by atoms with Crippen molar-refractivity contribution in [2.75, 3.05) is 14.2 Å². The van der Waals surface area contributed by atoms with Crippen molar-refractivity contribution in [2.24, 2.45) is 0 Å². The first-order valence-corrected chi connectivity index (χ1v) is 1.49. The van der Waals surface area contributed by atoms with E-state index in [0.717, 1.165) is 14.2 Å². The van der Waals surface area contributed by atoms with Crippen LogP contribution in [0.2, 0.25) is 0 Å². The molecule has 0 spiro atoms. The lowest BCUT2D eigenvalue weighted by molar-refractivity contribution is 0.114. The molecule has 0 bridgehead atoms. The van der Waals surface area contributed by atoms with Gasteiger partial charge in [0.1, 0.15) is 0 Å². The van der Waals surface area contributed by atoms with Crippen molar-refractivity contribution in [2.45, 2.75) is 0 Å².